The molecule has 0 saturated carbocycles. The first-order valence-corrected chi connectivity index (χ1v) is 30.1. The topological polar surface area (TPSA) is 108 Å². The molecule has 0 rings (SSSR count). The number of allylic oxidation sites excluding steroid dienone is 24. The first-order chi connectivity index (χ1) is 36.0. The van der Waals surface area contributed by atoms with Crippen LogP contribution in [0.3, 0.4) is 0 Å². The summed E-state index contributed by atoms with van der Waals surface area (Å²) in [4.78, 5) is 35.7. The monoisotopic (exact) mass is 1050 g/mol. The maximum Gasteiger partial charge on any atom is 0.472 e. The highest BCUT2D eigenvalue weighted by atomic mass is 31.2. The number of phosphoric acid groups is 1. The molecule has 2 atom stereocenters. The summed E-state index contributed by atoms with van der Waals surface area (Å²) in [6.07, 6.45) is 79.2. The van der Waals surface area contributed by atoms with Crippen LogP contribution in [0.4, 0.5) is 0 Å². The van der Waals surface area contributed by atoms with Crippen molar-refractivity contribution in [2.24, 2.45) is 0 Å². The van der Waals surface area contributed by atoms with E-state index in [-0.39, 0.29) is 26.1 Å². The fourth-order valence-corrected chi connectivity index (χ4v) is 7.77. The third-order valence-electron chi connectivity index (χ3n) is 11.4. The van der Waals surface area contributed by atoms with Crippen molar-refractivity contribution in [2.75, 3.05) is 47.5 Å². The Balaban J connectivity index is 4.31. The predicted octanol–water partition coefficient (Wildman–Crippen LogP) is 17.9. The third-order valence-corrected chi connectivity index (χ3v) is 12.3. The lowest BCUT2D eigenvalue weighted by Gasteiger charge is -2.24. The lowest BCUT2D eigenvalue weighted by Crippen LogP contribution is -2.37. The average molecular weight is 1050 g/mol. The highest BCUT2D eigenvalue weighted by Crippen LogP contribution is 2.43. The highest BCUT2D eigenvalue weighted by molar-refractivity contribution is 7.47. The lowest BCUT2D eigenvalue weighted by molar-refractivity contribution is -0.870. The molecule has 9 nitrogen and oxygen atoms in total. The van der Waals surface area contributed by atoms with E-state index in [4.69, 9.17) is 18.5 Å². The number of likely N-dealkylation sites (N-methyl/N-ethyl adjacent to an activating group) is 1. The molecule has 0 aliphatic heterocycles. The molecule has 0 spiro atoms. The molecule has 0 aliphatic rings. The Hall–Kier alpha value is -4.11. The zero-order valence-electron chi connectivity index (χ0n) is 47.3. The van der Waals surface area contributed by atoms with E-state index in [2.05, 4.69) is 154 Å². The van der Waals surface area contributed by atoms with Gasteiger partial charge in [-0.1, -0.05) is 217 Å². The van der Waals surface area contributed by atoms with Crippen LogP contribution in [0, 0.1) is 0 Å². The summed E-state index contributed by atoms with van der Waals surface area (Å²) in [6, 6.07) is 0. The van der Waals surface area contributed by atoms with E-state index < -0.39 is 32.5 Å². The van der Waals surface area contributed by atoms with Gasteiger partial charge in [-0.2, -0.15) is 0 Å². The number of carbonyl (C=O) groups is 2. The van der Waals surface area contributed by atoms with E-state index in [9.17, 15) is 19.0 Å². The van der Waals surface area contributed by atoms with Gasteiger partial charge >= 0.3 is 19.8 Å². The Morgan fingerprint density at radius 2 is 0.743 bits per heavy atom. The number of phosphoric ester groups is 1. The number of hydrogen-bond acceptors (Lipinski definition) is 7. The first kappa shape index (κ1) is 69.9. The molecular formula is C64H105NO8P+. The zero-order chi connectivity index (χ0) is 54.2. The summed E-state index contributed by atoms with van der Waals surface area (Å²) < 4.78 is 34.5. The molecule has 10 heteroatoms. The van der Waals surface area contributed by atoms with Crippen LogP contribution in [-0.4, -0.2) is 74.9 Å². The van der Waals surface area contributed by atoms with Crippen LogP contribution in [0.15, 0.2) is 146 Å². The van der Waals surface area contributed by atoms with Crippen molar-refractivity contribution < 1.29 is 42.1 Å². The van der Waals surface area contributed by atoms with Crippen molar-refractivity contribution in [3.8, 4) is 0 Å². The number of hydrogen-bond donors (Lipinski definition) is 1. The Labute approximate surface area is 453 Å². The fourth-order valence-electron chi connectivity index (χ4n) is 7.03. The fraction of sp³-hybridized carbons (Fsp3) is 0.594. The van der Waals surface area contributed by atoms with Crippen LogP contribution in [0.25, 0.3) is 0 Å². The number of nitrogens with zero attached hydrogens (tertiary/aromatic N) is 1. The van der Waals surface area contributed by atoms with Gasteiger partial charge in [-0.15, -0.1) is 0 Å². The second kappa shape index (κ2) is 53.7. The molecule has 2 unspecified atom stereocenters. The largest absolute Gasteiger partial charge is 0.472 e. The molecule has 0 fully saturated rings. The van der Waals surface area contributed by atoms with Gasteiger partial charge in [0.2, 0.25) is 0 Å². The second-order valence-electron chi connectivity index (χ2n) is 19.6. The number of unbranched alkanes of at least 4 members (excludes halogenated alkanes) is 12. The SMILES string of the molecule is CC/C=C\C/C=C\C/C=C\C/C=C\C/C=C\C/C=C\C/C=C\CCCC(=O)OC(COC(=O)CCCCCCCCCCCCC/C=C\C/C=C\C/C=C\C/C=C\C/C=C\CC)COP(=O)(O)OCC[N+](C)(C)C. The quantitative estimate of drug-likeness (QED) is 0.0211. The van der Waals surface area contributed by atoms with Crippen LogP contribution >= 0.6 is 7.82 Å². The summed E-state index contributed by atoms with van der Waals surface area (Å²) in [7, 11) is 1.41. The minimum absolute atomic E-state index is 0.0117. The van der Waals surface area contributed by atoms with Crippen LogP contribution < -0.4 is 0 Å². The normalized spacial score (nSPS) is 14.4. The molecule has 0 radical (unpaired) electrons. The molecule has 0 aromatic carbocycles. The highest BCUT2D eigenvalue weighted by Gasteiger charge is 2.27. The van der Waals surface area contributed by atoms with Crippen molar-refractivity contribution in [1.82, 2.24) is 0 Å². The third kappa shape index (κ3) is 57.2. The molecular weight excluding hydrogens is 942 g/mol. The molecule has 418 valence electrons. The van der Waals surface area contributed by atoms with Crippen molar-refractivity contribution in [2.45, 2.75) is 200 Å². The Bertz CT molecular complexity index is 1760. The van der Waals surface area contributed by atoms with E-state index in [1.807, 2.05) is 27.2 Å². The molecule has 0 aromatic rings. The van der Waals surface area contributed by atoms with Gasteiger partial charge in [0.15, 0.2) is 6.10 Å². The molecule has 0 aromatic heterocycles. The number of rotatable bonds is 50. The molecule has 0 amide bonds. The minimum Gasteiger partial charge on any atom is -0.462 e. The lowest BCUT2D eigenvalue weighted by atomic mass is 10.0. The Kier molecular flexibility index (Phi) is 50.7. The average Bonchev–Trinajstić information content (AvgIpc) is 3.36. The maximum absolute atomic E-state index is 12.8. The number of ether oxygens (including phenoxy) is 2. The van der Waals surface area contributed by atoms with E-state index in [0.29, 0.717) is 23.9 Å². The molecule has 74 heavy (non-hydrogen) atoms. The van der Waals surface area contributed by atoms with Crippen molar-refractivity contribution >= 4 is 19.8 Å². The maximum atomic E-state index is 12.8. The number of quaternary nitrogens is 1. The summed E-state index contributed by atoms with van der Waals surface area (Å²) in [5, 5.41) is 0. The van der Waals surface area contributed by atoms with Crippen molar-refractivity contribution in [3.63, 3.8) is 0 Å². The van der Waals surface area contributed by atoms with E-state index in [1.165, 1.54) is 44.9 Å². The van der Waals surface area contributed by atoms with E-state index >= 15 is 0 Å². The van der Waals surface area contributed by atoms with E-state index in [1.54, 1.807) is 0 Å². The van der Waals surface area contributed by atoms with Crippen LogP contribution in [0.1, 0.15) is 194 Å². The number of carbonyl (C=O) groups excluding carboxylic acids is 2. The molecule has 1 N–H and O–H groups in total. The molecule has 0 bridgehead atoms. The van der Waals surface area contributed by atoms with Crippen molar-refractivity contribution in [1.29, 1.82) is 0 Å². The van der Waals surface area contributed by atoms with Crippen LogP contribution in [0.5, 0.6) is 0 Å². The summed E-state index contributed by atoms with van der Waals surface area (Å²) in [5.41, 5.74) is 0. The minimum atomic E-state index is -4.41. The number of esters is 2. The summed E-state index contributed by atoms with van der Waals surface area (Å²) in [5.74, 6) is -0.883. The van der Waals surface area contributed by atoms with Crippen LogP contribution in [-0.2, 0) is 32.7 Å². The van der Waals surface area contributed by atoms with Gasteiger partial charge in [-0.3, -0.25) is 18.6 Å². The first-order valence-electron chi connectivity index (χ1n) is 28.6. The van der Waals surface area contributed by atoms with Crippen molar-refractivity contribution in [3.05, 3.63) is 146 Å². The van der Waals surface area contributed by atoms with Gasteiger partial charge in [-0.25, -0.2) is 4.57 Å². The van der Waals surface area contributed by atoms with E-state index in [0.717, 1.165) is 109 Å². The zero-order valence-corrected chi connectivity index (χ0v) is 48.2. The van der Waals surface area contributed by atoms with Gasteiger partial charge in [0.05, 0.1) is 27.7 Å². The predicted molar refractivity (Wildman–Crippen MR) is 316 cm³/mol. The standard InChI is InChI=1S/C64H104NO8P/c1-6-8-10-12-14-16-18-20-22-24-26-28-30-31-32-33-35-36-38-40-42-44-46-48-50-52-54-56-63(66)70-60-62(61-72-74(68,69)71-59-58-65(3,4)5)73-64(67)57-55-53-51-49-47-45-43-41-39-37-34-29-27-25-23-21-19-17-15-13-11-9-7-2/h8-11,14-17,20-23,26-29,31-32,37,39,43,45,49,51,62H,6-7,12-13,18-19,24-25,30,33-36,38,40-42,44,46-48,50,52-61H2,1-5H3/p+1/b10-8-,11-9-,16-14-,17-15-,22-20-,23-21-,28-26-,29-27-,32-31-,39-37-,45-43-,51-49-. The Morgan fingerprint density at radius 1 is 0.419 bits per heavy atom. The smallest absolute Gasteiger partial charge is 0.462 e. The molecule has 0 aliphatic carbocycles. The molecule has 0 saturated heterocycles. The van der Waals surface area contributed by atoms with Gasteiger partial charge < -0.3 is 18.9 Å². The molecule has 0 heterocycles. The van der Waals surface area contributed by atoms with Gasteiger partial charge in [0.25, 0.3) is 0 Å². The van der Waals surface area contributed by atoms with Gasteiger partial charge in [-0.05, 0) is 109 Å². The van der Waals surface area contributed by atoms with Gasteiger partial charge in [0.1, 0.15) is 19.8 Å². The second-order valence-corrected chi connectivity index (χ2v) is 21.0. The Morgan fingerprint density at radius 3 is 1.12 bits per heavy atom. The van der Waals surface area contributed by atoms with Crippen LogP contribution in [0.2, 0.25) is 0 Å². The van der Waals surface area contributed by atoms with Gasteiger partial charge in [0, 0.05) is 12.8 Å². The summed E-state index contributed by atoms with van der Waals surface area (Å²) >= 11 is 0. The summed E-state index contributed by atoms with van der Waals surface area (Å²) in [6.45, 7) is 4.11.